The number of nitrogens with one attached hydrogen (secondary N) is 1. The number of hydrogen-bond donors (Lipinski definition) is 1. The number of carbonyl (C=O) groups is 1. The highest BCUT2D eigenvalue weighted by atomic mass is 35.5. The van der Waals surface area contributed by atoms with Crippen LogP contribution in [0.3, 0.4) is 0 Å². The predicted molar refractivity (Wildman–Crippen MR) is 103 cm³/mol. The normalized spacial score (nSPS) is 10.7. The second-order valence-electron chi connectivity index (χ2n) is 5.73. The van der Waals surface area contributed by atoms with E-state index in [1.807, 2.05) is 6.07 Å². The molecule has 0 aliphatic heterocycles. The van der Waals surface area contributed by atoms with E-state index in [9.17, 15) is 9.59 Å². The van der Waals surface area contributed by atoms with E-state index in [-0.39, 0.29) is 18.0 Å². The Kier molecular flexibility index (Phi) is 6.05. The number of aromatic nitrogens is 2. The monoisotopic (exact) mass is 387 g/mol. The molecule has 0 saturated heterocycles. The Morgan fingerprint density at radius 1 is 1.22 bits per heavy atom. The minimum absolute atomic E-state index is 0.201. The number of methoxy groups -OCH3 is 1. The van der Waals surface area contributed by atoms with Crippen LogP contribution in [0.15, 0.2) is 53.5 Å². The summed E-state index contributed by atoms with van der Waals surface area (Å²) < 4.78 is 11.5. The van der Waals surface area contributed by atoms with Gasteiger partial charge < -0.3 is 14.8 Å². The van der Waals surface area contributed by atoms with Crippen LogP contribution in [0.2, 0.25) is 5.02 Å². The number of nitrogens with zero attached hydrogens (tertiary/aromatic N) is 2. The number of carbonyl (C=O) groups excluding carboxylic acids is 1. The van der Waals surface area contributed by atoms with Crippen LogP contribution < -0.4 is 15.6 Å². The van der Waals surface area contributed by atoms with Crippen molar-refractivity contribution in [3.05, 3.63) is 64.0 Å². The average molecular weight is 388 g/mol. The Morgan fingerprint density at radius 3 is 2.81 bits per heavy atom. The maximum absolute atomic E-state index is 12.4. The number of ether oxygens (including phenoxy) is 2. The Bertz CT molecular complexity index is 1020. The molecular formula is C19H18ClN3O4. The van der Waals surface area contributed by atoms with E-state index in [1.54, 1.807) is 49.7 Å². The molecule has 0 unspecified atom stereocenters. The summed E-state index contributed by atoms with van der Waals surface area (Å²) >= 11 is 6.16. The Labute approximate surface area is 160 Å². The Morgan fingerprint density at radius 2 is 2.04 bits per heavy atom. The van der Waals surface area contributed by atoms with Crippen molar-refractivity contribution in [2.24, 2.45) is 0 Å². The van der Waals surface area contributed by atoms with E-state index in [0.29, 0.717) is 35.1 Å². The minimum Gasteiger partial charge on any atom is -0.490 e. The van der Waals surface area contributed by atoms with Gasteiger partial charge in [-0.15, -0.1) is 0 Å². The molecule has 0 atom stereocenters. The molecule has 0 bridgehead atoms. The summed E-state index contributed by atoms with van der Waals surface area (Å²) in [4.78, 5) is 24.7. The third kappa shape index (κ3) is 4.64. The van der Waals surface area contributed by atoms with Crippen molar-refractivity contribution >= 4 is 34.0 Å². The first-order chi connectivity index (χ1) is 13.1. The molecule has 1 N–H and O–H groups in total. The molecule has 0 spiro atoms. The zero-order valence-electron chi connectivity index (χ0n) is 14.6. The van der Waals surface area contributed by atoms with Crippen LogP contribution in [0, 0.1) is 0 Å². The van der Waals surface area contributed by atoms with Gasteiger partial charge >= 0.3 is 0 Å². The molecule has 2 aromatic carbocycles. The van der Waals surface area contributed by atoms with Gasteiger partial charge in [-0.05, 0) is 24.3 Å². The van der Waals surface area contributed by atoms with Crippen molar-refractivity contribution in [2.75, 3.05) is 25.6 Å². The van der Waals surface area contributed by atoms with Gasteiger partial charge in [-0.2, -0.15) is 5.10 Å². The fourth-order valence-electron chi connectivity index (χ4n) is 2.51. The van der Waals surface area contributed by atoms with E-state index < -0.39 is 0 Å². The number of rotatable bonds is 7. The van der Waals surface area contributed by atoms with Crippen molar-refractivity contribution in [3.8, 4) is 5.75 Å². The minimum atomic E-state index is -0.385. The SMILES string of the molecule is COCCOc1ccc(NC(=O)Cn2ncc3ccccc3c2=O)cc1Cl. The van der Waals surface area contributed by atoms with Gasteiger partial charge in [0.15, 0.2) is 0 Å². The lowest BCUT2D eigenvalue weighted by atomic mass is 10.2. The number of halogens is 1. The molecule has 1 aromatic heterocycles. The maximum atomic E-state index is 12.4. The smallest absolute Gasteiger partial charge is 0.275 e. The number of benzene rings is 2. The van der Waals surface area contributed by atoms with Gasteiger partial charge in [-0.1, -0.05) is 29.8 Å². The van der Waals surface area contributed by atoms with Gasteiger partial charge in [-0.25, -0.2) is 4.68 Å². The zero-order valence-corrected chi connectivity index (χ0v) is 15.4. The molecule has 27 heavy (non-hydrogen) atoms. The summed E-state index contributed by atoms with van der Waals surface area (Å²) in [5, 5.41) is 8.36. The molecule has 3 rings (SSSR count). The zero-order chi connectivity index (χ0) is 19.2. The highest BCUT2D eigenvalue weighted by molar-refractivity contribution is 6.32. The summed E-state index contributed by atoms with van der Waals surface area (Å²) in [6.07, 6.45) is 1.56. The molecule has 8 heteroatoms. The lowest BCUT2D eigenvalue weighted by Gasteiger charge is -2.11. The number of hydrogen-bond acceptors (Lipinski definition) is 5. The average Bonchev–Trinajstić information content (AvgIpc) is 2.66. The summed E-state index contributed by atoms with van der Waals surface area (Å²) in [6.45, 7) is 0.619. The summed E-state index contributed by atoms with van der Waals surface area (Å²) in [5.74, 6) is 0.114. The molecule has 0 aliphatic carbocycles. The van der Waals surface area contributed by atoms with Gasteiger partial charge in [0.25, 0.3) is 5.56 Å². The van der Waals surface area contributed by atoms with Crippen LogP contribution in [-0.4, -0.2) is 36.0 Å². The number of fused-ring (bicyclic) bond motifs is 1. The molecule has 3 aromatic rings. The van der Waals surface area contributed by atoms with E-state index in [2.05, 4.69) is 10.4 Å². The first kappa shape index (κ1) is 18.9. The third-order valence-electron chi connectivity index (χ3n) is 3.82. The topological polar surface area (TPSA) is 82.4 Å². The van der Waals surface area contributed by atoms with Crippen molar-refractivity contribution in [1.82, 2.24) is 9.78 Å². The molecule has 0 aliphatic rings. The molecule has 1 heterocycles. The van der Waals surface area contributed by atoms with E-state index in [1.165, 1.54) is 0 Å². The van der Waals surface area contributed by atoms with Crippen molar-refractivity contribution in [3.63, 3.8) is 0 Å². The molecule has 0 fully saturated rings. The molecule has 0 radical (unpaired) electrons. The third-order valence-corrected chi connectivity index (χ3v) is 4.11. The van der Waals surface area contributed by atoms with Gasteiger partial charge in [0.2, 0.25) is 5.91 Å². The molecule has 7 nitrogen and oxygen atoms in total. The van der Waals surface area contributed by atoms with Crippen LogP contribution in [0.4, 0.5) is 5.69 Å². The van der Waals surface area contributed by atoms with Crippen LogP contribution in [0.1, 0.15) is 0 Å². The highest BCUT2D eigenvalue weighted by Crippen LogP contribution is 2.27. The Balaban J connectivity index is 1.68. The van der Waals surface area contributed by atoms with Crippen molar-refractivity contribution < 1.29 is 14.3 Å². The molecule has 1 amide bonds. The Hall–Kier alpha value is -2.90. The lowest BCUT2D eigenvalue weighted by Crippen LogP contribution is -2.29. The van der Waals surface area contributed by atoms with Gasteiger partial charge in [-0.3, -0.25) is 9.59 Å². The fraction of sp³-hybridized carbons (Fsp3) is 0.211. The first-order valence-electron chi connectivity index (χ1n) is 8.24. The maximum Gasteiger partial charge on any atom is 0.275 e. The highest BCUT2D eigenvalue weighted by Gasteiger charge is 2.10. The first-order valence-corrected chi connectivity index (χ1v) is 8.62. The van der Waals surface area contributed by atoms with Gasteiger partial charge in [0.1, 0.15) is 18.9 Å². The second kappa shape index (κ2) is 8.66. The molecular weight excluding hydrogens is 370 g/mol. The quantitative estimate of drug-likeness (QED) is 0.630. The summed E-state index contributed by atoms with van der Waals surface area (Å²) in [5.41, 5.74) is 0.182. The van der Waals surface area contributed by atoms with Crippen LogP contribution >= 0.6 is 11.6 Å². The van der Waals surface area contributed by atoms with Crippen LogP contribution in [0.5, 0.6) is 5.75 Å². The standard InChI is InChI=1S/C19H18ClN3O4/c1-26-8-9-27-17-7-6-14(10-16(17)20)22-18(24)12-23-19(25)15-5-3-2-4-13(15)11-21-23/h2-7,10-11H,8-9,12H2,1H3,(H,22,24). The number of amides is 1. The molecule has 140 valence electrons. The number of anilines is 1. The van der Waals surface area contributed by atoms with Crippen molar-refractivity contribution in [2.45, 2.75) is 6.54 Å². The fourth-order valence-corrected chi connectivity index (χ4v) is 2.74. The van der Waals surface area contributed by atoms with Crippen molar-refractivity contribution in [1.29, 1.82) is 0 Å². The predicted octanol–water partition coefficient (Wildman–Crippen LogP) is 2.71. The van der Waals surface area contributed by atoms with Crippen LogP contribution in [-0.2, 0) is 16.1 Å². The van der Waals surface area contributed by atoms with Gasteiger partial charge in [0.05, 0.1) is 23.2 Å². The lowest BCUT2D eigenvalue weighted by molar-refractivity contribution is -0.117. The molecule has 0 saturated carbocycles. The van der Waals surface area contributed by atoms with E-state index in [0.717, 1.165) is 10.1 Å². The van der Waals surface area contributed by atoms with E-state index in [4.69, 9.17) is 21.1 Å². The van der Waals surface area contributed by atoms with Crippen LogP contribution in [0.25, 0.3) is 10.8 Å². The summed E-state index contributed by atoms with van der Waals surface area (Å²) in [7, 11) is 1.58. The summed E-state index contributed by atoms with van der Waals surface area (Å²) in [6, 6.07) is 12.0. The second-order valence-corrected chi connectivity index (χ2v) is 6.14. The van der Waals surface area contributed by atoms with Gasteiger partial charge in [0, 0.05) is 18.2 Å². The van der Waals surface area contributed by atoms with E-state index >= 15 is 0 Å². The largest absolute Gasteiger partial charge is 0.490 e.